The Morgan fingerprint density at radius 2 is 2.06 bits per heavy atom. The first-order chi connectivity index (χ1) is 15.0. The Kier molecular flexibility index (Phi) is 6.81. The zero-order valence-corrected chi connectivity index (χ0v) is 19.4. The highest BCUT2D eigenvalue weighted by Crippen LogP contribution is 2.44. The normalized spacial score (nSPS) is 24.5. The van der Waals surface area contributed by atoms with Gasteiger partial charge in [0.05, 0.1) is 11.8 Å². The third kappa shape index (κ3) is 4.89. The first-order valence-corrected chi connectivity index (χ1v) is 11.1. The molecule has 172 valence electrons. The molecule has 2 N–H and O–H groups in total. The smallest absolute Gasteiger partial charge is 0.331 e. The molecule has 3 rings (SSSR count). The molecule has 0 saturated heterocycles. The van der Waals surface area contributed by atoms with Crippen molar-refractivity contribution in [1.29, 1.82) is 0 Å². The number of hydrogen-bond acceptors (Lipinski definition) is 6. The predicted molar refractivity (Wildman–Crippen MR) is 123 cm³/mol. The summed E-state index contributed by atoms with van der Waals surface area (Å²) in [5, 5.41) is 33.6. The van der Waals surface area contributed by atoms with Crippen LogP contribution in [0.25, 0.3) is 6.08 Å². The van der Waals surface area contributed by atoms with Gasteiger partial charge in [-0.05, 0) is 68.2 Å². The highest BCUT2D eigenvalue weighted by atomic mass is 16.4. The lowest BCUT2D eigenvalue weighted by molar-refractivity contribution is -0.133. The number of aliphatic carboxylic acids is 1. The fourth-order valence-electron chi connectivity index (χ4n) is 4.30. The Morgan fingerprint density at radius 3 is 2.69 bits per heavy atom. The summed E-state index contributed by atoms with van der Waals surface area (Å²) in [7, 11) is 0. The summed E-state index contributed by atoms with van der Waals surface area (Å²) in [5.74, 6) is -0.782. The lowest BCUT2D eigenvalue weighted by Gasteiger charge is -2.31. The number of carbonyl (C=O) groups excluding carboxylic acids is 1. The number of phenols is 1. The largest absolute Gasteiger partial charge is 0.506 e. The van der Waals surface area contributed by atoms with E-state index in [1.807, 2.05) is 0 Å². The van der Waals surface area contributed by atoms with Crippen LogP contribution in [0.4, 0.5) is 5.69 Å². The highest BCUT2D eigenvalue weighted by Gasteiger charge is 2.43. The lowest BCUT2D eigenvalue weighted by atomic mass is 9.76. The minimum absolute atomic E-state index is 0.0884. The third-order valence-electron chi connectivity index (χ3n) is 6.89. The van der Waals surface area contributed by atoms with E-state index >= 15 is 0 Å². The number of hydrogen-bond donors (Lipinski definition) is 2. The average Bonchev–Trinajstić information content (AvgIpc) is 3.33. The minimum atomic E-state index is -1.03. The molecule has 1 fully saturated rings. The Morgan fingerprint density at radius 1 is 1.34 bits per heavy atom. The topological polar surface area (TPSA) is 115 Å². The number of rotatable bonds is 7. The van der Waals surface area contributed by atoms with Crippen molar-refractivity contribution >= 4 is 29.4 Å². The maximum Gasteiger partial charge on any atom is 0.331 e. The molecule has 0 spiro atoms. The van der Waals surface area contributed by atoms with E-state index in [0.29, 0.717) is 17.2 Å². The number of benzene rings is 1. The zero-order valence-electron chi connectivity index (χ0n) is 19.4. The maximum absolute atomic E-state index is 13.0. The third-order valence-corrected chi connectivity index (χ3v) is 6.89. The van der Waals surface area contributed by atoms with Gasteiger partial charge in [0.2, 0.25) is 0 Å². The fraction of sp³-hybridized carbons (Fsp3) is 0.542. The van der Waals surface area contributed by atoms with Crippen LogP contribution in [0.2, 0.25) is 0 Å². The fourth-order valence-corrected chi connectivity index (χ4v) is 4.30. The van der Waals surface area contributed by atoms with Crippen molar-refractivity contribution in [2.24, 2.45) is 26.7 Å². The van der Waals surface area contributed by atoms with Crippen molar-refractivity contribution in [3.63, 3.8) is 0 Å². The van der Waals surface area contributed by atoms with Gasteiger partial charge in [-0.25, -0.2) is 9.80 Å². The van der Waals surface area contributed by atoms with Gasteiger partial charge in [-0.2, -0.15) is 15.3 Å². The average molecular weight is 441 g/mol. The van der Waals surface area contributed by atoms with E-state index in [1.165, 1.54) is 25.1 Å². The summed E-state index contributed by atoms with van der Waals surface area (Å²) >= 11 is 0. The van der Waals surface area contributed by atoms with Crippen LogP contribution in [0.3, 0.4) is 0 Å². The van der Waals surface area contributed by atoms with Crippen LogP contribution < -0.4 is 0 Å². The SMILES string of the molecule is CCC(C)(C)C1CCC(N2N=C(C)C(N=Nc3ccc(/C=C(\C)C(=O)O)cc3O)C2=O)C1. The Bertz CT molecular complexity index is 996. The molecule has 1 heterocycles. The molecule has 1 aliphatic carbocycles. The summed E-state index contributed by atoms with van der Waals surface area (Å²) in [5.41, 5.74) is 1.73. The Labute approximate surface area is 188 Å². The molecule has 32 heavy (non-hydrogen) atoms. The molecule has 2 aliphatic rings. The summed E-state index contributed by atoms with van der Waals surface area (Å²) < 4.78 is 0. The summed E-state index contributed by atoms with van der Waals surface area (Å²) in [6, 6.07) is 3.89. The highest BCUT2D eigenvalue weighted by molar-refractivity contribution is 6.10. The van der Waals surface area contributed by atoms with Gasteiger partial charge >= 0.3 is 5.97 Å². The maximum atomic E-state index is 13.0. The van der Waals surface area contributed by atoms with Crippen LogP contribution in [0, 0.1) is 11.3 Å². The second kappa shape index (κ2) is 9.22. The molecular weight excluding hydrogens is 408 g/mol. The van der Waals surface area contributed by atoms with E-state index < -0.39 is 12.0 Å². The van der Waals surface area contributed by atoms with Crippen molar-refractivity contribution < 1.29 is 19.8 Å². The van der Waals surface area contributed by atoms with E-state index in [-0.39, 0.29) is 34.4 Å². The molecule has 1 aliphatic heterocycles. The van der Waals surface area contributed by atoms with Gasteiger partial charge in [0.1, 0.15) is 11.4 Å². The second-order valence-corrected chi connectivity index (χ2v) is 9.43. The monoisotopic (exact) mass is 440 g/mol. The molecule has 3 unspecified atom stereocenters. The van der Waals surface area contributed by atoms with Crippen LogP contribution in [0.15, 0.2) is 39.1 Å². The van der Waals surface area contributed by atoms with Gasteiger partial charge in [-0.3, -0.25) is 4.79 Å². The number of hydrazone groups is 1. The second-order valence-electron chi connectivity index (χ2n) is 9.43. The predicted octanol–water partition coefficient (Wildman–Crippen LogP) is 5.16. The van der Waals surface area contributed by atoms with E-state index in [4.69, 9.17) is 5.11 Å². The number of carboxylic acids is 1. The summed E-state index contributed by atoms with van der Waals surface area (Å²) in [6.45, 7) is 10.0. The molecule has 0 radical (unpaired) electrons. The van der Waals surface area contributed by atoms with Gasteiger partial charge in [-0.15, -0.1) is 0 Å². The number of carboxylic acid groups (broad SMARTS) is 1. The van der Waals surface area contributed by atoms with Crippen LogP contribution in [-0.2, 0) is 9.59 Å². The van der Waals surface area contributed by atoms with Crippen molar-refractivity contribution in [3.05, 3.63) is 29.3 Å². The van der Waals surface area contributed by atoms with Gasteiger partial charge < -0.3 is 10.2 Å². The van der Waals surface area contributed by atoms with Crippen LogP contribution in [-0.4, -0.2) is 44.9 Å². The number of azo groups is 1. The van der Waals surface area contributed by atoms with Crippen molar-refractivity contribution in [1.82, 2.24) is 5.01 Å². The summed E-state index contributed by atoms with van der Waals surface area (Å²) in [6.07, 6.45) is 5.52. The molecule has 8 nitrogen and oxygen atoms in total. The van der Waals surface area contributed by atoms with Crippen molar-refractivity contribution in [2.45, 2.75) is 72.4 Å². The zero-order chi connectivity index (χ0) is 23.6. The molecule has 1 aromatic rings. The minimum Gasteiger partial charge on any atom is -0.506 e. The molecule has 8 heteroatoms. The molecule has 3 atom stereocenters. The van der Waals surface area contributed by atoms with Crippen LogP contribution >= 0.6 is 0 Å². The number of phenolic OH excluding ortho intramolecular Hbond substituents is 1. The molecule has 0 bridgehead atoms. The van der Waals surface area contributed by atoms with E-state index in [2.05, 4.69) is 36.1 Å². The van der Waals surface area contributed by atoms with Gasteiger partial charge in [0.15, 0.2) is 6.04 Å². The lowest BCUT2D eigenvalue weighted by Crippen LogP contribution is -2.36. The quantitative estimate of drug-likeness (QED) is 0.450. The molecule has 1 aromatic carbocycles. The molecular formula is C24H32N4O4. The van der Waals surface area contributed by atoms with E-state index in [9.17, 15) is 14.7 Å². The first-order valence-electron chi connectivity index (χ1n) is 11.1. The van der Waals surface area contributed by atoms with Gasteiger partial charge in [-0.1, -0.05) is 33.3 Å². The molecule has 1 saturated carbocycles. The Balaban J connectivity index is 1.70. The van der Waals surface area contributed by atoms with Crippen molar-refractivity contribution in [3.8, 4) is 5.75 Å². The van der Waals surface area contributed by atoms with Gasteiger partial charge in [0, 0.05) is 5.57 Å². The standard InChI is InChI=1S/C24H32N4O4/c1-6-24(4,5)17-8-9-18(13-17)28-22(30)21(15(3)27-28)26-25-19-10-7-16(12-20(19)29)11-14(2)23(31)32/h7,10-12,17-18,21,29H,6,8-9,13H2,1-5H3,(H,31,32)/b14-11+,26-25?. The number of aromatic hydroxyl groups is 1. The number of carbonyl (C=O) groups is 2. The van der Waals surface area contributed by atoms with Crippen LogP contribution in [0.5, 0.6) is 5.75 Å². The van der Waals surface area contributed by atoms with Crippen molar-refractivity contribution in [2.75, 3.05) is 0 Å². The van der Waals surface area contributed by atoms with E-state index in [1.54, 1.807) is 18.0 Å². The summed E-state index contributed by atoms with van der Waals surface area (Å²) in [4.78, 5) is 24.0. The van der Waals surface area contributed by atoms with Crippen LogP contribution in [0.1, 0.15) is 65.9 Å². The molecule has 0 aromatic heterocycles. The van der Waals surface area contributed by atoms with Gasteiger partial charge in [0.25, 0.3) is 5.91 Å². The number of nitrogens with zero attached hydrogens (tertiary/aromatic N) is 4. The molecule has 1 amide bonds. The Hall–Kier alpha value is -3.03. The number of amides is 1. The first kappa shape index (κ1) is 23.6. The van der Waals surface area contributed by atoms with E-state index in [0.717, 1.165) is 25.7 Å².